The van der Waals surface area contributed by atoms with Crippen molar-refractivity contribution in [2.24, 2.45) is 0 Å². The molecular formula is C16H14BrFN6O4. The number of carbonyl (C=O) groups excluding carboxylic acids is 1. The summed E-state index contributed by atoms with van der Waals surface area (Å²) < 4.78 is 24.4. The average Bonchev–Trinajstić information content (AvgIpc) is 3.38. The number of nitrogens with one attached hydrogen (secondary N) is 2. The summed E-state index contributed by atoms with van der Waals surface area (Å²) in [7, 11) is 0. The van der Waals surface area contributed by atoms with E-state index in [4.69, 9.17) is 9.15 Å². The fraction of sp³-hybridized carbons (Fsp3) is 0.312. The van der Waals surface area contributed by atoms with Crippen LogP contribution < -0.4 is 16.4 Å². The summed E-state index contributed by atoms with van der Waals surface area (Å²) >= 11 is 3.08. The zero-order valence-electron chi connectivity index (χ0n) is 14.3. The second-order valence-corrected chi connectivity index (χ2v) is 7.04. The molecular weight excluding hydrogens is 439 g/mol. The Hall–Kier alpha value is -3.02. The summed E-state index contributed by atoms with van der Waals surface area (Å²) in [6.07, 6.45) is 2.00. The number of nitrogens with zero attached hydrogens (tertiary/aromatic N) is 4. The molecule has 10 nitrogen and oxygen atoms in total. The van der Waals surface area contributed by atoms with Gasteiger partial charge in [-0.2, -0.15) is 0 Å². The average molecular weight is 453 g/mol. The van der Waals surface area contributed by atoms with Crippen LogP contribution in [0.15, 0.2) is 36.6 Å². The van der Waals surface area contributed by atoms with Gasteiger partial charge in [-0.1, -0.05) is 5.16 Å². The maximum atomic E-state index is 13.5. The number of anilines is 1. The second kappa shape index (κ2) is 7.54. The second-order valence-electron chi connectivity index (χ2n) is 6.19. The first-order valence-electron chi connectivity index (χ1n) is 8.43. The van der Waals surface area contributed by atoms with Gasteiger partial charge in [-0.05, 0) is 57.3 Å². The number of aromatic nitrogens is 4. The molecule has 3 aromatic rings. The number of halogens is 2. The molecule has 28 heavy (non-hydrogen) atoms. The Morgan fingerprint density at radius 3 is 2.93 bits per heavy atom. The summed E-state index contributed by atoms with van der Waals surface area (Å²) in [6.45, 7) is 0.496. The first-order chi connectivity index (χ1) is 13.5. The van der Waals surface area contributed by atoms with Crippen molar-refractivity contribution in [3.63, 3.8) is 0 Å². The molecule has 1 aromatic carbocycles. The smallest absolute Gasteiger partial charge is 0.365 e. The molecule has 1 fully saturated rings. The SMILES string of the molecule is O=C1CCC(CCNc2nonc2-c2noc(=O)n2-c2ccc(F)c(Br)c2)N1. The Labute approximate surface area is 165 Å². The molecule has 1 atom stereocenters. The molecule has 146 valence electrons. The Morgan fingerprint density at radius 2 is 2.18 bits per heavy atom. The molecule has 2 N–H and O–H groups in total. The molecule has 0 radical (unpaired) electrons. The lowest BCUT2D eigenvalue weighted by molar-refractivity contribution is -0.119. The van der Waals surface area contributed by atoms with Crippen molar-refractivity contribution >= 4 is 27.7 Å². The van der Waals surface area contributed by atoms with Crippen LogP contribution in [0.1, 0.15) is 19.3 Å². The summed E-state index contributed by atoms with van der Waals surface area (Å²) in [5.41, 5.74) is 0.499. The van der Waals surface area contributed by atoms with Crippen molar-refractivity contribution in [3.05, 3.63) is 39.0 Å². The van der Waals surface area contributed by atoms with Crippen LogP contribution in [-0.2, 0) is 4.79 Å². The quantitative estimate of drug-likeness (QED) is 0.579. The van der Waals surface area contributed by atoms with Gasteiger partial charge < -0.3 is 10.6 Å². The van der Waals surface area contributed by atoms with E-state index in [1.807, 2.05) is 0 Å². The lowest BCUT2D eigenvalue weighted by Crippen LogP contribution is -2.27. The van der Waals surface area contributed by atoms with E-state index >= 15 is 0 Å². The van der Waals surface area contributed by atoms with Gasteiger partial charge >= 0.3 is 5.76 Å². The molecule has 0 saturated carbocycles. The molecule has 0 spiro atoms. The largest absolute Gasteiger partial charge is 0.446 e. The number of hydrogen-bond acceptors (Lipinski definition) is 8. The maximum absolute atomic E-state index is 13.5. The zero-order chi connectivity index (χ0) is 19.7. The van der Waals surface area contributed by atoms with Crippen LogP contribution in [0.5, 0.6) is 0 Å². The van der Waals surface area contributed by atoms with Crippen molar-refractivity contribution in [1.82, 2.24) is 25.4 Å². The normalized spacial score (nSPS) is 16.4. The standard InChI is InChI=1S/C16H14BrFN6O4/c17-10-7-9(2-3-11(10)18)24-15(23-27-16(24)26)13-14(22-28-21-13)19-6-5-8-1-4-12(25)20-8/h2-3,7-8H,1,4-6H2,(H,19,22)(H,20,25). The highest BCUT2D eigenvalue weighted by Gasteiger charge is 2.24. The summed E-state index contributed by atoms with van der Waals surface area (Å²) in [4.78, 5) is 23.4. The van der Waals surface area contributed by atoms with E-state index in [-0.39, 0.29) is 33.8 Å². The van der Waals surface area contributed by atoms with Gasteiger partial charge in [0.2, 0.25) is 17.5 Å². The first kappa shape index (κ1) is 18.3. The molecule has 12 heteroatoms. The van der Waals surface area contributed by atoms with E-state index in [2.05, 4.69) is 42.0 Å². The first-order valence-corrected chi connectivity index (χ1v) is 9.22. The number of amides is 1. The topological polar surface area (TPSA) is 128 Å². The van der Waals surface area contributed by atoms with Crippen LogP contribution in [0.25, 0.3) is 17.2 Å². The highest BCUT2D eigenvalue weighted by atomic mass is 79.9. The minimum Gasteiger partial charge on any atom is -0.365 e. The maximum Gasteiger partial charge on any atom is 0.446 e. The minimum atomic E-state index is -0.767. The van der Waals surface area contributed by atoms with E-state index in [9.17, 15) is 14.0 Å². The van der Waals surface area contributed by atoms with E-state index < -0.39 is 11.6 Å². The number of benzene rings is 1. The van der Waals surface area contributed by atoms with Crippen LogP contribution in [0, 0.1) is 5.82 Å². The molecule has 0 aliphatic carbocycles. The molecule has 1 unspecified atom stereocenters. The van der Waals surface area contributed by atoms with Gasteiger partial charge in [-0.15, -0.1) is 0 Å². The van der Waals surface area contributed by atoms with Crippen molar-refractivity contribution in [2.75, 3.05) is 11.9 Å². The van der Waals surface area contributed by atoms with Gasteiger partial charge in [0.15, 0.2) is 5.69 Å². The van der Waals surface area contributed by atoms with Gasteiger partial charge in [0.1, 0.15) is 5.82 Å². The zero-order valence-corrected chi connectivity index (χ0v) is 15.9. The van der Waals surface area contributed by atoms with Crippen molar-refractivity contribution in [2.45, 2.75) is 25.3 Å². The Kier molecular flexibility index (Phi) is 4.94. The highest BCUT2D eigenvalue weighted by Crippen LogP contribution is 2.26. The van der Waals surface area contributed by atoms with Gasteiger partial charge in [-0.25, -0.2) is 18.4 Å². The lowest BCUT2D eigenvalue weighted by atomic mass is 10.1. The van der Waals surface area contributed by atoms with Gasteiger partial charge in [0.25, 0.3) is 0 Å². The van der Waals surface area contributed by atoms with Crippen LogP contribution >= 0.6 is 15.9 Å². The Bertz CT molecular complexity index is 1080. The summed E-state index contributed by atoms with van der Waals surface area (Å²) in [5.74, 6) is -0.866. The van der Waals surface area contributed by atoms with Crippen LogP contribution in [-0.4, -0.2) is 38.5 Å². The fourth-order valence-electron chi connectivity index (χ4n) is 2.96. The van der Waals surface area contributed by atoms with E-state index in [1.165, 1.54) is 18.2 Å². The predicted octanol–water partition coefficient (Wildman–Crippen LogP) is 1.86. The molecule has 1 aliphatic rings. The highest BCUT2D eigenvalue weighted by molar-refractivity contribution is 9.10. The van der Waals surface area contributed by atoms with Crippen LogP contribution in [0.2, 0.25) is 0 Å². The van der Waals surface area contributed by atoms with Gasteiger partial charge in [-0.3, -0.25) is 9.32 Å². The molecule has 1 aliphatic heterocycles. The molecule has 2 aromatic heterocycles. The lowest BCUT2D eigenvalue weighted by Gasteiger charge is -2.10. The Morgan fingerprint density at radius 1 is 1.32 bits per heavy atom. The number of hydrogen-bond donors (Lipinski definition) is 2. The third kappa shape index (κ3) is 3.54. The number of carbonyl (C=O) groups is 1. The number of rotatable bonds is 6. The van der Waals surface area contributed by atoms with Crippen molar-refractivity contribution < 1.29 is 18.3 Å². The van der Waals surface area contributed by atoms with Crippen LogP contribution in [0.4, 0.5) is 10.2 Å². The molecule has 0 bridgehead atoms. The third-order valence-corrected chi connectivity index (χ3v) is 4.94. The van der Waals surface area contributed by atoms with Crippen LogP contribution in [0.3, 0.4) is 0 Å². The molecule has 4 rings (SSSR count). The monoisotopic (exact) mass is 452 g/mol. The van der Waals surface area contributed by atoms with Crippen molar-refractivity contribution in [3.8, 4) is 17.2 Å². The van der Waals surface area contributed by atoms with Gasteiger partial charge in [0.05, 0.1) is 10.2 Å². The van der Waals surface area contributed by atoms with E-state index in [0.717, 1.165) is 11.0 Å². The molecule has 1 amide bonds. The fourth-order valence-corrected chi connectivity index (χ4v) is 3.33. The molecule has 3 heterocycles. The Balaban J connectivity index is 1.57. The van der Waals surface area contributed by atoms with Gasteiger partial charge in [0, 0.05) is 19.0 Å². The third-order valence-electron chi connectivity index (χ3n) is 4.34. The van der Waals surface area contributed by atoms with Crippen molar-refractivity contribution in [1.29, 1.82) is 0 Å². The minimum absolute atomic E-state index is 0.0471. The van der Waals surface area contributed by atoms with E-state index in [0.29, 0.717) is 25.1 Å². The summed E-state index contributed by atoms with van der Waals surface area (Å²) in [5, 5.41) is 17.3. The molecule has 1 saturated heterocycles. The predicted molar refractivity (Wildman–Crippen MR) is 97.3 cm³/mol. The summed E-state index contributed by atoms with van der Waals surface area (Å²) in [6, 6.07) is 4.13. The van der Waals surface area contributed by atoms with E-state index in [1.54, 1.807) is 0 Å².